The second kappa shape index (κ2) is 16.7. The largest absolute Gasteiger partial charge is 0.418 e. The van der Waals surface area contributed by atoms with E-state index < -0.39 is 66.3 Å². The molecule has 1 aromatic heterocycles. The fourth-order valence-corrected chi connectivity index (χ4v) is 3.82. The van der Waals surface area contributed by atoms with Crippen molar-refractivity contribution in [3.8, 4) is 0 Å². The van der Waals surface area contributed by atoms with Crippen LogP contribution in [0.25, 0.3) is 0 Å². The van der Waals surface area contributed by atoms with Crippen LogP contribution in [0, 0.1) is 31.0 Å². The fourth-order valence-electron chi connectivity index (χ4n) is 3.28. The molecule has 0 aliphatic heterocycles. The summed E-state index contributed by atoms with van der Waals surface area (Å²) < 4.78 is 77.0. The summed E-state index contributed by atoms with van der Waals surface area (Å²) in [5.74, 6) is -1.35. The topological polar surface area (TPSA) is 223 Å². The predicted octanol–water partition coefficient (Wildman–Crippen LogP) is 7.11. The van der Waals surface area contributed by atoms with Crippen molar-refractivity contribution in [2.75, 3.05) is 5.32 Å². The van der Waals surface area contributed by atoms with Gasteiger partial charge in [-0.25, -0.2) is 4.98 Å². The predicted molar refractivity (Wildman–Crippen MR) is 149 cm³/mol. The lowest BCUT2D eigenvalue weighted by Crippen LogP contribution is -2.39. The summed E-state index contributed by atoms with van der Waals surface area (Å²) in [6.07, 6.45) is -0.849. The van der Waals surface area contributed by atoms with E-state index in [0.29, 0.717) is 6.07 Å². The van der Waals surface area contributed by atoms with Gasteiger partial charge in [-0.1, -0.05) is 61.7 Å². The number of rotatable bonds is 4. The van der Waals surface area contributed by atoms with Gasteiger partial charge in [-0.15, -0.1) is 12.4 Å². The first-order valence-corrected chi connectivity index (χ1v) is 12.2. The Kier molecular flexibility index (Phi) is 15.2. The van der Waals surface area contributed by atoms with Crippen molar-refractivity contribution < 1.29 is 36.2 Å². The molecule has 1 aliphatic carbocycles. The fraction of sp³-hybridized carbons (Fsp3) is 0.381. The van der Waals surface area contributed by atoms with E-state index in [1.165, 1.54) is 38.5 Å². The Morgan fingerprint density at radius 3 is 1.65 bits per heavy atom. The van der Waals surface area contributed by atoms with E-state index in [1.54, 1.807) is 0 Å². The molecular formula is C21H24Cl3F6N9O4. The summed E-state index contributed by atoms with van der Waals surface area (Å²) in [4.78, 5) is 22.9. The minimum atomic E-state index is -5.27. The Hall–Kier alpha value is -3.84. The number of nitro benzene ring substituents is 2. The van der Waals surface area contributed by atoms with Crippen LogP contribution in [0.4, 0.5) is 49.2 Å². The molecule has 43 heavy (non-hydrogen) atoms. The van der Waals surface area contributed by atoms with Crippen molar-refractivity contribution in [2.24, 2.45) is 11.5 Å². The molecule has 22 heteroatoms. The van der Waals surface area contributed by atoms with Gasteiger partial charge in [0, 0.05) is 12.3 Å². The number of hydrogen-bond acceptors (Lipinski definition) is 8. The van der Waals surface area contributed by atoms with Crippen LogP contribution in [0.15, 0.2) is 18.3 Å². The first-order valence-electron chi connectivity index (χ1n) is 11.4. The molecule has 240 valence electrons. The number of nitrogens with one attached hydrogen (secondary N) is 4. The maximum atomic E-state index is 13.0. The number of benzene rings is 1. The standard InChI is InChI=1S/C13H4Cl2F6N4O4.C6H12.C2H7N5.ClH/c14-6-1-4(12(16,17)18)3-22-11(6)23-9-7(24(26)27)2-5(13(19,20)21)8(15)10(9)25(28)29;1-2-4-6-5-3-1;3-1(4)7-2(5)6;/h1-3H,(H,22,23);1-6H2;(H7,3,4,5,6,7);1H. The van der Waals surface area contributed by atoms with Crippen molar-refractivity contribution in [2.45, 2.75) is 50.9 Å². The molecule has 0 saturated heterocycles. The number of pyridine rings is 1. The summed E-state index contributed by atoms with van der Waals surface area (Å²) in [5, 5.41) is 37.1. The highest BCUT2D eigenvalue weighted by molar-refractivity contribution is 6.35. The Labute approximate surface area is 255 Å². The molecule has 2 aromatic rings. The maximum Gasteiger partial charge on any atom is 0.418 e. The summed E-state index contributed by atoms with van der Waals surface area (Å²) in [6, 6.07) is 0.301. The third kappa shape index (κ3) is 12.5. The number of hydrogen-bond donors (Lipinski definition) is 6. The van der Waals surface area contributed by atoms with Crippen LogP contribution >= 0.6 is 35.6 Å². The zero-order chi connectivity index (χ0) is 32.4. The number of alkyl halides is 6. The molecule has 0 bridgehead atoms. The van der Waals surface area contributed by atoms with Crippen LogP contribution in [0.2, 0.25) is 10.0 Å². The normalized spacial score (nSPS) is 12.7. The molecule has 1 fully saturated rings. The number of guanidine groups is 2. The van der Waals surface area contributed by atoms with Crippen LogP contribution in [0.1, 0.15) is 49.7 Å². The molecule has 1 aliphatic rings. The van der Waals surface area contributed by atoms with Crippen molar-refractivity contribution in [3.05, 3.63) is 59.7 Å². The highest BCUT2D eigenvalue weighted by Crippen LogP contribution is 2.48. The van der Waals surface area contributed by atoms with Gasteiger partial charge in [0.15, 0.2) is 17.6 Å². The van der Waals surface area contributed by atoms with Gasteiger partial charge in [-0.2, -0.15) is 26.3 Å². The van der Waals surface area contributed by atoms with E-state index in [0.717, 1.165) is 0 Å². The van der Waals surface area contributed by atoms with Gasteiger partial charge >= 0.3 is 23.7 Å². The molecule has 1 aromatic carbocycles. The molecule has 3 rings (SSSR count). The summed E-state index contributed by atoms with van der Waals surface area (Å²) in [5.41, 5.74) is 2.23. The zero-order valence-corrected chi connectivity index (χ0v) is 23.9. The zero-order valence-electron chi connectivity index (χ0n) is 21.5. The van der Waals surface area contributed by atoms with Crippen LogP contribution in [-0.4, -0.2) is 26.7 Å². The first-order chi connectivity index (χ1) is 19.3. The van der Waals surface area contributed by atoms with Crippen molar-refractivity contribution in [1.29, 1.82) is 10.8 Å². The molecule has 0 unspecified atom stereocenters. The van der Waals surface area contributed by atoms with E-state index >= 15 is 0 Å². The SMILES string of the molecule is C1CCCCC1.Cl.N=C(N)NC(=N)N.O=[N+]([O-])c1cc(C(F)(F)F)c(Cl)c([N+](=O)[O-])c1Nc1ncc(C(F)(F)F)cc1Cl. The molecule has 8 N–H and O–H groups in total. The van der Waals surface area contributed by atoms with E-state index in [9.17, 15) is 46.6 Å². The lowest BCUT2D eigenvalue weighted by molar-refractivity contribution is -0.392. The Morgan fingerprint density at radius 1 is 0.884 bits per heavy atom. The second-order valence-corrected chi connectivity index (χ2v) is 9.03. The minimum Gasteiger partial charge on any atom is -0.370 e. The number of anilines is 2. The van der Waals surface area contributed by atoms with Crippen molar-refractivity contribution >= 4 is 70.4 Å². The number of aromatic nitrogens is 1. The van der Waals surface area contributed by atoms with Crippen LogP contribution in [-0.2, 0) is 12.4 Å². The van der Waals surface area contributed by atoms with Crippen LogP contribution in [0.3, 0.4) is 0 Å². The van der Waals surface area contributed by atoms with Gasteiger partial charge in [-0.3, -0.25) is 36.4 Å². The van der Waals surface area contributed by atoms with Crippen molar-refractivity contribution in [3.63, 3.8) is 0 Å². The number of nitro groups is 2. The van der Waals surface area contributed by atoms with Gasteiger partial charge in [0.25, 0.3) is 0 Å². The molecule has 13 nitrogen and oxygen atoms in total. The number of nitrogens with two attached hydrogens (primary N) is 2. The molecular weight excluding hydrogens is 663 g/mol. The maximum absolute atomic E-state index is 13.0. The lowest BCUT2D eigenvalue weighted by Gasteiger charge is -2.14. The second-order valence-electron chi connectivity index (χ2n) is 8.24. The Morgan fingerprint density at radius 2 is 1.35 bits per heavy atom. The summed E-state index contributed by atoms with van der Waals surface area (Å²) >= 11 is 11.1. The number of halogens is 9. The molecule has 0 atom stereocenters. The Balaban J connectivity index is 0.00000104. The summed E-state index contributed by atoms with van der Waals surface area (Å²) in [7, 11) is 0. The van der Waals surface area contributed by atoms with E-state index in [4.69, 9.17) is 45.5 Å². The molecule has 0 spiro atoms. The number of nitrogens with zero attached hydrogens (tertiary/aromatic N) is 3. The summed E-state index contributed by atoms with van der Waals surface area (Å²) in [6.45, 7) is 0. The average Bonchev–Trinajstić information content (AvgIpc) is 2.84. The van der Waals surface area contributed by atoms with Gasteiger partial charge in [-0.05, 0) is 6.07 Å². The first kappa shape index (κ1) is 39.2. The smallest absolute Gasteiger partial charge is 0.370 e. The molecule has 1 heterocycles. The third-order valence-corrected chi connectivity index (χ3v) is 5.76. The average molecular weight is 687 g/mol. The van der Waals surface area contributed by atoms with E-state index in [1.807, 2.05) is 10.6 Å². The van der Waals surface area contributed by atoms with Crippen LogP contribution in [0.5, 0.6) is 0 Å². The quantitative estimate of drug-likeness (QED) is 0.0633. The van der Waals surface area contributed by atoms with Gasteiger partial charge in [0.2, 0.25) is 0 Å². The van der Waals surface area contributed by atoms with Crippen LogP contribution < -0.4 is 22.1 Å². The van der Waals surface area contributed by atoms with Gasteiger partial charge < -0.3 is 16.8 Å². The highest BCUT2D eigenvalue weighted by Gasteiger charge is 2.42. The van der Waals surface area contributed by atoms with E-state index in [2.05, 4.69) is 4.98 Å². The van der Waals surface area contributed by atoms with Gasteiger partial charge in [0.1, 0.15) is 10.8 Å². The molecule has 0 amide bonds. The van der Waals surface area contributed by atoms with E-state index in [-0.39, 0.29) is 36.6 Å². The lowest BCUT2D eigenvalue weighted by atomic mass is 10.0. The monoisotopic (exact) mass is 685 g/mol. The van der Waals surface area contributed by atoms with Crippen molar-refractivity contribution in [1.82, 2.24) is 10.3 Å². The highest BCUT2D eigenvalue weighted by atomic mass is 35.5. The molecule has 1 saturated carbocycles. The van der Waals surface area contributed by atoms with Gasteiger partial charge in [0.05, 0.1) is 26.0 Å². The minimum absolute atomic E-state index is 0. The molecule has 0 radical (unpaired) electrons. The third-order valence-electron chi connectivity index (χ3n) is 5.08. The Bertz CT molecular complexity index is 1300.